The van der Waals surface area contributed by atoms with Crippen molar-refractivity contribution >= 4 is 23.5 Å². The molecular weight excluding hydrogens is 506 g/mol. The minimum atomic E-state index is -4.43. The first-order valence-electron chi connectivity index (χ1n) is 12.7. The summed E-state index contributed by atoms with van der Waals surface area (Å²) in [7, 11) is 0. The summed E-state index contributed by atoms with van der Waals surface area (Å²) < 4.78 is 54.4. The molecule has 2 saturated carbocycles. The number of anilines is 2. The van der Waals surface area contributed by atoms with Crippen LogP contribution in [0, 0.1) is 11.2 Å². The number of nitrogens with one attached hydrogen (secondary N) is 2. The van der Waals surface area contributed by atoms with E-state index in [-0.39, 0.29) is 43.1 Å². The van der Waals surface area contributed by atoms with Crippen molar-refractivity contribution in [3.63, 3.8) is 0 Å². The predicted molar refractivity (Wildman–Crippen MR) is 132 cm³/mol. The van der Waals surface area contributed by atoms with Gasteiger partial charge in [0.25, 0.3) is 0 Å². The van der Waals surface area contributed by atoms with Crippen molar-refractivity contribution in [1.29, 1.82) is 0 Å². The number of carbonyl (C=O) groups excluding carboxylic acids is 1. The molecule has 1 aromatic heterocycles. The van der Waals surface area contributed by atoms with Crippen LogP contribution in [0.3, 0.4) is 0 Å². The van der Waals surface area contributed by atoms with Crippen LogP contribution in [0.1, 0.15) is 62.5 Å². The van der Waals surface area contributed by atoms with E-state index in [2.05, 4.69) is 20.6 Å². The number of hydrogen-bond acceptors (Lipinski definition) is 6. The van der Waals surface area contributed by atoms with Crippen molar-refractivity contribution in [2.24, 2.45) is 5.41 Å². The van der Waals surface area contributed by atoms with Gasteiger partial charge >= 0.3 is 12.1 Å². The zero-order chi connectivity index (χ0) is 27.3. The maximum atomic E-state index is 15.7. The second-order valence-electron chi connectivity index (χ2n) is 10.2. The molecule has 0 radical (unpaired) electrons. The van der Waals surface area contributed by atoms with Crippen LogP contribution < -0.4 is 15.5 Å². The fourth-order valence-corrected chi connectivity index (χ4v) is 5.01. The van der Waals surface area contributed by atoms with Gasteiger partial charge in [0, 0.05) is 25.6 Å². The van der Waals surface area contributed by atoms with E-state index in [1.54, 1.807) is 4.90 Å². The predicted octanol–water partition coefficient (Wildman–Crippen LogP) is 4.76. The van der Waals surface area contributed by atoms with Gasteiger partial charge in [0.05, 0.1) is 5.56 Å². The van der Waals surface area contributed by atoms with Crippen molar-refractivity contribution in [1.82, 2.24) is 15.3 Å². The number of nitrogens with zero attached hydrogens (tertiary/aromatic N) is 3. The Hall–Kier alpha value is -3.44. The number of hydrogen-bond donors (Lipinski definition) is 3. The normalized spacial score (nSPS) is 17.1. The molecule has 0 saturated heterocycles. The first kappa shape index (κ1) is 27.6. The fourth-order valence-electron chi connectivity index (χ4n) is 5.01. The standard InChI is InChI=1S/C26H31F4N5O3/c27-22-23(32-15-25(10-2-1-3-11-25)12-20(36)31-13-21(37)38)33-16-34-24(22)35(19-8-9-19)14-17-4-6-18(7-5-17)26(28,29)30/h4-7,16,19H,1-3,8-15H2,(H,31,36)(H,37,38)(H,32,33,34). The number of carbonyl (C=O) groups is 2. The van der Waals surface area contributed by atoms with Gasteiger partial charge in [0.1, 0.15) is 12.9 Å². The number of aromatic nitrogens is 2. The number of carboxylic acid groups (broad SMARTS) is 1. The fraction of sp³-hybridized carbons (Fsp3) is 0.538. The molecule has 8 nitrogen and oxygen atoms in total. The average molecular weight is 538 g/mol. The van der Waals surface area contributed by atoms with Gasteiger partial charge in [-0.25, -0.2) is 9.97 Å². The monoisotopic (exact) mass is 537 g/mol. The van der Waals surface area contributed by atoms with Gasteiger partial charge in [0.2, 0.25) is 11.7 Å². The molecule has 38 heavy (non-hydrogen) atoms. The molecule has 12 heteroatoms. The van der Waals surface area contributed by atoms with E-state index in [4.69, 9.17) is 5.11 Å². The van der Waals surface area contributed by atoms with Crippen LogP contribution in [-0.4, -0.2) is 46.1 Å². The average Bonchev–Trinajstić information content (AvgIpc) is 3.72. The van der Waals surface area contributed by atoms with Crippen LogP contribution >= 0.6 is 0 Å². The van der Waals surface area contributed by atoms with E-state index in [1.807, 2.05) is 0 Å². The number of benzene rings is 1. The van der Waals surface area contributed by atoms with E-state index in [1.165, 1.54) is 18.5 Å². The molecule has 4 rings (SSSR count). The number of alkyl halides is 3. The van der Waals surface area contributed by atoms with Crippen molar-refractivity contribution in [2.75, 3.05) is 23.3 Å². The van der Waals surface area contributed by atoms with Crippen molar-refractivity contribution in [3.8, 4) is 0 Å². The Kier molecular flexibility index (Phi) is 8.37. The highest BCUT2D eigenvalue weighted by Gasteiger charge is 2.36. The summed E-state index contributed by atoms with van der Waals surface area (Å²) in [6.45, 7) is 0.0231. The highest BCUT2D eigenvalue weighted by molar-refractivity contribution is 5.81. The van der Waals surface area contributed by atoms with Gasteiger partial charge in [-0.15, -0.1) is 0 Å². The third-order valence-electron chi connectivity index (χ3n) is 7.18. The first-order chi connectivity index (χ1) is 18.1. The van der Waals surface area contributed by atoms with Crippen molar-refractivity contribution in [2.45, 2.75) is 70.1 Å². The third-order valence-corrected chi connectivity index (χ3v) is 7.18. The lowest BCUT2D eigenvalue weighted by Gasteiger charge is -2.37. The molecule has 0 bridgehead atoms. The zero-order valence-corrected chi connectivity index (χ0v) is 20.9. The molecular formula is C26H31F4N5O3. The summed E-state index contributed by atoms with van der Waals surface area (Å²) >= 11 is 0. The van der Waals surface area contributed by atoms with Gasteiger partial charge in [-0.2, -0.15) is 17.6 Å². The third kappa shape index (κ3) is 7.11. The number of halogens is 4. The van der Waals surface area contributed by atoms with Crippen LogP contribution in [0.4, 0.5) is 29.2 Å². The highest BCUT2D eigenvalue weighted by atomic mass is 19.4. The second-order valence-corrected chi connectivity index (χ2v) is 10.2. The molecule has 0 aliphatic heterocycles. The Bertz CT molecular complexity index is 1130. The molecule has 2 fully saturated rings. The summed E-state index contributed by atoms with van der Waals surface area (Å²) in [5.41, 5.74) is -0.604. The molecule has 2 aromatic rings. The Morgan fingerprint density at radius 3 is 2.37 bits per heavy atom. The molecule has 0 atom stereocenters. The van der Waals surface area contributed by atoms with E-state index in [9.17, 15) is 22.8 Å². The van der Waals surface area contributed by atoms with Crippen LogP contribution in [0.5, 0.6) is 0 Å². The van der Waals surface area contributed by atoms with Crippen LogP contribution in [0.2, 0.25) is 0 Å². The summed E-state index contributed by atoms with van der Waals surface area (Å²) in [6, 6.07) is 4.83. The molecule has 3 N–H and O–H groups in total. The highest BCUT2D eigenvalue weighted by Crippen LogP contribution is 2.40. The lowest BCUT2D eigenvalue weighted by Crippen LogP contribution is -2.39. The molecule has 2 aliphatic carbocycles. The summed E-state index contributed by atoms with van der Waals surface area (Å²) in [5.74, 6) is -2.09. The van der Waals surface area contributed by atoms with E-state index >= 15 is 4.39 Å². The van der Waals surface area contributed by atoms with Gasteiger partial charge in [0.15, 0.2) is 11.6 Å². The number of aliphatic carboxylic acids is 1. The van der Waals surface area contributed by atoms with E-state index in [0.29, 0.717) is 5.56 Å². The maximum absolute atomic E-state index is 15.7. The topological polar surface area (TPSA) is 107 Å². The van der Waals surface area contributed by atoms with Crippen molar-refractivity contribution < 1.29 is 32.3 Å². The Balaban J connectivity index is 1.48. The summed E-state index contributed by atoms with van der Waals surface area (Å²) in [4.78, 5) is 33.2. The lowest BCUT2D eigenvalue weighted by molar-refractivity contribution is -0.138. The summed E-state index contributed by atoms with van der Waals surface area (Å²) in [6.07, 6.45) is 2.91. The van der Waals surface area contributed by atoms with Gasteiger partial charge in [-0.05, 0) is 48.8 Å². The Morgan fingerprint density at radius 1 is 1.08 bits per heavy atom. The lowest BCUT2D eigenvalue weighted by atomic mass is 9.71. The van der Waals surface area contributed by atoms with Gasteiger partial charge < -0.3 is 20.6 Å². The van der Waals surface area contributed by atoms with Crippen LogP contribution in [-0.2, 0) is 22.3 Å². The second kappa shape index (κ2) is 11.5. The quantitative estimate of drug-likeness (QED) is 0.355. The zero-order valence-electron chi connectivity index (χ0n) is 20.9. The molecule has 2 aliphatic rings. The summed E-state index contributed by atoms with van der Waals surface area (Å²) in [5, 5.41) is 14.3. The SMILES string of the molecule is O=C(O)CNC(=O)CC1(CNc2ncnc(N(Cc3ccc(C(F)(F)F)cc3)C3CC3)c2F)CCCCC1. The molecule has 0 spiro atoms. The van der Waals surface area contributed by atoms with Gasteiger partial charge in [-0.3, -0.25) is 9.59 Å². The maximum Gasteiger partial charge on any atom is 0.416 e. The Morgan fingerprint density at radius 2 is 1.76 bits per heavy atom. The smallest absolute Gasteiger partial charge is 0.416 e. The first-order valence-corrected chi connectivity index (χ1v) is 12.7. The van der Waals surface area contributed by atoms with Crippen LogP contribution in [0.15, 0.2) is 30.6 Å². The molecule has 0 unspecified atom stereocenters. The number of carboxylic acids is 1. The largest absolute Gasteiger partial charge is 0.480 e. The minimum Gasteiger partial charge on any atom is -0.480 e. The molecule has 1 aromatic carbocycles. The number of rotatable bonds is 11. The number of amides is 1. The van der Waals surface area contributed by atoms with Crippen LogP contribution in [0.25, 0.3) is 0 Å². The van der Waals surface area contributed by atoms with E-state index < -0.39 is 35.5 Å². The van der Waals surface area contributed by atoms with E-state index in [0.717, 1.165) is 57.1 Å². The minimum absolute atomic E-state index is 0.0102. The molecule has 1 heterocycles. The Labute approximate surface area is 217 Å². The van der Waals surface area contributed by atoms with Crippen molar-refractivity contribution in [3.05, 3.63) is 47.5 Å². The van der Waals surface area contributed by atoms with Gasteiger partial charge in [-0.1, -0.05) is 31.4 Å². The molecule has 206 valence electrons. The molecule has 1 amide bonds.